The number of hydrogen-bond donors (Lipinski definition) is 0. The van der Waals surface area contributed by atoms with Crippen molar-refractivity contribution in [2.24, 2.45) is 0 Å². The van der Waals surface area contributed by atoms with E-state index in [0.29, 0.717) is 0 Å². The topological polar surface area (TPSA) is 18.5 Å². The monoisotopic (exact) mass is 294 g/mol. The average Bonchev–Trinajstić information content (AvgIpc) is 2.50. The summed E-state index contributed by atoms with van der Waals surface area (Å²) in [4.78, 5) is 0. The third kappa shape index (κ3) is 2.85. The highest BCUT2D eigenvalue weighted by atomic mass is 28.3. The minimum absolute atomic E-state index is 0.140. The van der Waals surface area contributed by atoms with Crippen LogP contribution in [0.4, 0.5) is 4.39 Å². The predicted molar refractivity (Wildman–Crippen MR) is 84.7 cm³/mol. The summed E-state index contributed by atoms with van der Waals surface area (Å²) in [6, 6.07) is 6.02. The van der Waals surface area contributed by atoms with E-state index < -0.39 is 27.1 Å². The molecule has 0 unspecified atom stereocenters. The van der Waals surface area contributed by atoms with Crippen molar-refractivity contribution in [1.82, 2.24) is 0 Å². The lowest BCUT2D eigenvalue weighted by molar-refractivity contribution is 0.00578. The van der Waals surface area contributed by atoms with E-state index in [1.165, 1.54) is 6.07 Å². The van der Waals surface area contributed by atoms with Crippen LogP contribution in [0.3, 0.4) is 0 Å². The lowest BCUT2D eigenvalue weighted by atomic mass is 9.76. The largest absolute Gasteiger partial charge is 0.495 e. The van der Waals surface area contributed by atoms with E-state index in [4.69, 9.17) is 9.31 Å². The fourth-order valence-corrected chi connectivity index (χ4v) is 3.64. The van der Waals surface area contributed by atoms with Crippen LogP contribution < -0.4 is 5.46 Å². The van der Waals surface area contributed by atoms with Crippen LogP contribution >= 0.6 is 0 Å². The molecule has 110 valence electrons. The summed E-state index contributed by atoms with van der Waals surface area (Å²) >= 11 is 0. The van der Waals surface area contributed by atoms with Gasteiger partial charge in [0.2, 0.25) is 0 Å². The first-order valence-corrected chi connectivity index (χ1v) is 10.4. The maximum atomic E-state index is 14.2. The molecule has 2 nitrogen and oxygen atoms in total. The number of benzene rings is 1. The first-order chi connectivity index (χ1) is 9.14. The third-order valence-electron chi connectivity index (χ3n) is 4.27. The van der Waals surface area contributed by atoms with Crippen molar-refractivity contribution >= 4 is 21.4 Å². The molecule has 1 heterocycles. The van der Waals surface area contributed by atoms with Gasteiger partial charge < -0.3 is 9.31 Å². The van der Waals surface area contributed by atoms with Crippen molar-refractivity contribution in [3.63, 3.8) is 0 Å². The van der Waals surface area contributed by atoms with Gasteiger partial charge >= 0.3 is 7.12 Å². The molecule has 1 fully saturated rings. The summed E-state index contributed by atoms with van der Waals surface area (Å²) in [7, 11) is -1.39. The lowest BCUT2D eigenvalue weighted by Gasteiger charge is -2.32. The highest BCUT2D eigenvalue weighted by Gasteiger charge is 2.52. The molecule has 1 saturated heterocycles. The van der Waals surface area contributed by atoms with Gasteiger partial charge in [0.25, 0.3) is 0 Å². The Morgan fingerprint density at radius 2 is 1.65 bits per heavy atom. The molecule has 1 aliphatic heterocycles. The summed E-state index contributed by atoms with van der Waals surface area (Å²) in [5.41, 5.74) is 0.838. The van der Waals surface area contributed by atoms with Crippen LogP contribution in [0, 0.1) is 5.82 Å². The van der Waals surface area contributed by atoms with Gasteiger partial charge in [-0.2, -0.15) is 0 Å². The van der Waals surface area contributed by atoms with Crippen LogP contribution in [0.5, 0.6) is 0 Å². The number of halogens is 1. The molecule has 1 aromatic rings. The Kier molecular flexibility index (Phi) is 4.15. The molecule has 1 aliphatic rings. The van der Waals surface area contributed by atoms with Gasteiger partial charge in [-0.25, -0.2) is 4.39 Å². The van der Waals surface area contributed by atoms with Crippen molar-refractivity contribution in [2.75, 3.05) is 0 Å². The fraction of sp³-hybridized carbons (Fsp3) is 0.600. The van der Waals surface area contributed by atoms with Crippen LogP contribution in [-0.2, 0) is 15.4 Å². The molecule has 0 aromatic heterocycles. The number of hydrogen-bond acceptors (Lipinski definition) is 2. The van der Waals surface area contributed by atoms with Crippen molar-refractivity contribution in [3.8, 4) is 0 Å². The van der Waals surface area contributed by atoms with Gasteiger partial charge in [-0.1, -0.05) is 25.2 Å². The number of rotatable bonds is 3. The summed E-state index contributed by atoms with van der Waals surface area (Å²) in [5, 5.41) is 0. The van der Waals surface area contributed by atoms with Gasteiger partial charge in [0.05, 0.1) is 11.2 Å². The average molecular weight is 294 g/mol. The van der Waals surface area contributed by atoms with Crippen molar-refractivity contribution in [2.45, 2.75) is 58.0 Å². The van der Waals surface area contributed by atoms with E-state index in [2.05, 4.69) is 13.1 Å². The maximum absolute atomic E-state index is 14.2. The Labute approximate surface area is 123 Å². The Bertz CT molecular complexity index is 487. The van der Waals surface area contributed by atoms with Crippen LogP contribution in [0.25, 0.3) is 0 Å². The summed E-state index contributed by atoms with van der Waals surface area (Å²) in [5.74, 6) is -0.140. The Morgan fingerprint density at radius 1 is 1.10 bits per heavy atom. The third-order valence-corrected chi connectivity index (χ3v) is 5.50. The summed E-state index contributed by atoms with van der Waals surface area (Å²) < 4.78 is 26.3. The molecule has 0 atom stereocenters. The van der Waals surface area contributed by atoms with Crippen LogP contribution in [0.2, 0.25) is 13.1 Å². The highest BCUT2D eigenvalue weighted by molar-refractivity contribution is 6.63. The zero-order chi connectivity index (χ0) is 15.1. The fourth-order valence-electron chi connectivity index (χ4n) is 2.39. The Hall–Kier alpha value is -0.648. The second-order valence-corrected chi connectivity index (χ2v) is 10.2. The molecule has 1 aromatic carbocycles. The first kappa shape index (κ1) is 15.7. The van der Waals surface area contributed by atoms with E-state index in [0.717, 1.165) is 17.1 Å². The molecule has 0 amide bonds. The molecule has 0 radical (unpaired) electrons. The van der Waals surface area contributed by atoms with E-state index >= 15 is 0 Å². The van der Waals surface area contributed by atoms with E-state index in [1.807, 2.05) is 33.8 Å². The normalized spacial score (nSPS) is 20.7. The molecular formula is C15H24BFO2Si. The Balaban J connectivity index is 2.37. The van der Waals surface area contributed by atoms with Gasteiger partial charge in [-0.05, 0) is 50.8 Å². The van der Waals surface area contributed by atoms with Crippen molar-refractivity contribution < 1.29 is 13.7 Å². The molecule has 2 rings (SSSR count). The van der Waals surface area contributed by atoms with E-state index in [9.17, 15) is 4.39 Å². The minimum atomic E-state index is -0.914. The molecule has 0 saturated carbocycles. The second kappa shape index (κ2) is 5.28. The summed E-state index contributed by atoms with van der Waals surface area (Å²) in [6.45, 7) is 12.5. The molecular weight excluding hydrogens is 270 g/mol. The van der Waals surface area contributed by atoms with Crippen LogP contribution in [0.1, 0.15) is 33.3 Å². The molecule has 0 N–H and O–H groups in total. The zero-order valence-corrected chi connectivity index (χ0v) is 14.4. The van der Waals surface area contributed by atoms with Gasteiger partial charge in [-0.15, -0.1) is 0 Å². The molecule has 0 aliphatic carbocycles. The molecule has 0 bridgehead atoms. The van der Waals surface area contributed by atoms with Crippen LogP contribution in [0.15, 0.2) is 18.2 Å². The van der Waals surface area contributed by atoms with Gasteiger partial charge in [0.15, 0.2) is 0 Å². The zero-order valence-electron chi connectivity index (χ0n) is 13.3. The highest BCUT2D eigenvalue weighted by Crippen LogP contribution is 2.36. The Morgan fingerprint density at radius 3 is 2.15 bits per heavy atom. The van der Waals surface area contributed by atoms with Crippen molar-refractivity contribution in [1.29, 1.82) is 0 Å². The van der Waals surface area contributed by atoms with Gasteiger partial charge in [-0.3, -0.25) is 0 Å². The molecule has 0 spiro atoms. The maximum Gasteiger partial charge on any atom is 0.495 e. The lowest BCUT2D eigenvalue weighted by Crippen LogP contribution is -2.41. The summed E-state index contributed by atoms with van der Waals surface area (Å²) in [6.07, 6.45) is 0. The van der Waals surface area contributed by atoms with Gasteiger partial charge in [0.1, 0.15) is 5.82 Å². The SMILES string of the molecule is C[SiH](C)Cc1c(F)cccc1B1OC(C)(C)C(C)(C)O1. The molecule has 20 heavy (non-hydrogen) atoms. The molecule has 5 heteroatoms. The predicted octanol–water partition coefficient (Wildman–Crippen LogP) is 2.69. The smallest absolute Gasteiger partial charge is 0.399 e. The van der Waals surface area contributed by atoms with Crippen molar-refractivity contribution in [3.05, 3.63) is 29.6 Å². The van der Waals surface area contributed by atoms with E-state index in [-0.39, 0.29) is 5.82 Å². The minimum Gasteiger partial charge on any atom is -0.399 e. The van der Waals surface area contributed by atoms with Gasteiger partial charge in [0, 0.05) is 8.80 Å². The van der Waals surface area contributed by atoms with E-state index in [1.54, 1.807) is 6.07 Å². The second-order valence-electron chi connectivity index (χ2n) is 6.99. The standard InChI is InChI=1S/C15H24BFO2Si/c1-14(2)15(3,4)19-16(18-14)12-8-7-9-13(17)11(12)10-20(5)6/h7-9,20H,10H2,1-6H3. The quantitative estimate of drug-likeness (QED) is 0.798. The van der Waals surface area contributed by atoms with Crippen LogP contribution in [-0.4, -0.2) is 27.1 Å². The first-order valence-electron chi connectivity index (χ1n) is 7.27.